The number of hydrogen-bond acceptors (Lipinski definition) is 16. The molecule has 3 saturated heterocycles. The molecule has 1 aromatic rings. The lowest BCUT2D eigenvalue weighted by molar-refractivity contribution is -0.309. The van der Waals surface area contributed by atoms with Crippen LogP contribution in [0.15, 0.2) is 54.2 Å². The fourth-order valence-corrected chi connectivity index (χ4v) is 28.8. The Bertz CT molecular complexity index is 3080. The van der Waals surface area contributed by atoms with E-state index >= 15 is 9.59 Å². The van der Waals surface area contributed by atoms with Crippen molar-refractivity contribution in [3.63, 3.8) is 0 Å². The second kappa shape index (κ2) is 21.6. The first kappa shape index (κ1) is 62.7. The number of piperidine rings is 1. The molecule has 16 aliphatic rings. The van der Waals surface area contributed by atoms with Crippen LogP contribution in [0.5, 0.6) is 5.75 Å². The number of amides is 1. The van der Waals surface area contributed by atoms with Gasteiger partial charge in [0.25, 0.3) is 0 Å². The van der Waals surface area contributed by atoms with E-state index in [4.69, 9.17) is 9.47 Å². The number of ketones is 1. The number of anilines is 1. The minimum atomic E-state index is -2.06. The zero-order valence-corrected chi connectivity index (χ0v) is 54.9. The number of benzene rings is 1. The summed E-state index contributed by atoms with van der Waals surface area (Å²) in [7, 11) is 4.38. The van der Waals surface area contributed by atoms with Gasteiger partial charge in [-0.05, 0) is 191 Å². The highest BCUT2D eigenvalue weighted by Gasteiger charge is 2.84. The van der Waals surface area contributed by atoms with Crippen LogP contribution in [0.2, 0.25) is 0 Å². The molecule has 89 heavy (non-hydrogen) atoms. The van der Waals surface area contributed by atoms with Crippen LogP contribution in [0.1, 0.15) is 168 Å². The van der Waals surface area contributed by atoms with Gasteiger partial charge in [-0.1, -0.05) is 106 Å². The summed E-state index contributed by atoms with van der Waals surface area (Å²) in [6.07, 6.45) is 20.4. The number of methoxy groups -OCH3 is 1. The van der Waals surface area contributed by atoms with Crippen molar-refractivity contribution >= 4 is 39.0 Å². The maximum absolute atomic E-state index is 16.9. The number of phenols is 1. The smallest absolute Gasteiger partial charge is 0.234 e. The normalized spacial score (nSPS) is 50.4. The van der Waals surface area contributed by atoms with E-state index in [0.29, 0.717) is 112 Å². The number of epoxide rings is 1. The predicted octanol–water partition coefficient (Wildman–Crippen LogP) is 8.48. The number of carbonyl (C=O) groups excluding carboxylic acids is 2. The van der Waals surface area contributed by atoms with Crippen molar-refractivity contribution in [2.75, 3.05) is 37.5 Å². The van der Waals surface area contributed by atoms with Gasteiger partial charge in [-0.2, -0.15) is 0 Å². The van der Waals surface area contributed by atoms with Crippen LogP contribution in [-0.4, -0.2) is 155 Å². The monoisotopic (exact) mass is 1270 g/mol. The number of aliphatic hydroxyl groups is 8. The minimum Gasteiger partial charge on any atom is -0.508 e. The molecule has 0 radical (unpaired) electrons. The zero-order valence-electron chi connectivity index (χ0n) is 53.2. The molecule has 0 unspecified atom stereocenters. The van der Waals surface area contributed by atoms with Crippen molar-refractivity contribution in [3.05, 3.63) is 59.7 Å². The molecule has 17 heteroatoms. The maximum atomic E-state index is 16.9. The summed E-state index contributed by atoms with van der Waals surface area (Å²) in [5.74, 6) is -1.83. The SMILES string of the molecule is CO[C@@H]1C=C[C@H]2C[C@@H]([C@@H]3CC[C@]4(CN5C(=O)[C@]46[C@@H](CO)CCC[C@H]6CSS[C@@H](O)[C@@]46C[C@@H](O)[C@](O)(CO)C7(CCCC7)[C@]4(C)[C@H]4C[C@@H]7C=CC[C@](O)([C@@H]8O[C@H]8[C@H](C)C(C)C)[C@H]8CC[C@@](O)(C4=CC6=O)[C@@]87CCc4cc(O)cc5c4)[C@@H]3O)NC3(CCCC3)[C@H]2C1. The van der Waals surface area contributed by atoms with E-state index in [-0.39, 0.29) is 79.2 Å². The molecule has 0 aromatic heterocycles. The Balaban J connectivity index is 0.900. The lowest BCUT2D eigenvalue weighted by Gasteiger charge is -2.74. The number of fused-ring (bicyclic) bond motifs is 3. The lowest BCUT2D eigenvalue weighted by atomic mass is 9.31. The molecular weight excluding hydrogens is 1160 g/mol. The molecule has 1 amide bonds. The highest BCUT2D eigenvalue weighted by atomic mass is 33.1. The molecule has 15 nitrogen and oxygen atoms in total. The average Bonchev–Trinajstić information content (AvgIpc) is 1.62. The quantitative estimate of drug-likeness (QED) is 0.0698. The Labute approximate surface area is 534 Å². The van der Waals surface area contributed by atoms with Gasteiger partial charge in [0, 0.05) is 77.4 Å². The summed E-state index contributed by atoms with van der Waals surface area (Å²) in [6, 6.07) is 5.41. The Morgan fingerprint density at radius 2 is 1.63 bits per heavy atom. The van der Waals surface area contributed by atoms with Crippen molar-refractivity contribution in [3.8, 4) is 5.75 Å². The van der Waals surface area contributed by atoms with Crippen LogP contribution in [-0.2, 0) is 25.5 Å². The topological polar surface area (TPSA) is 253 Å². The number of allylic oxidation sites excluding steroid dienone is 3. The fourth-order valence-electron chi connectivity index (χ4n) is 25.8. The van der Waals surface area contributed by atoms with Gasteiger partial charge in [0.15, 0.2) is 5.78 Å². The third kappa shape index (κ3) is 7.94. The molecule has 7 saturated carbocycles. The van der Waals surface area contributed by atoms with E-state index < -0.39 is 115 Å². The maximum Gasteiger partial charge on any atom is 0.234 e. The Morgan fingerprint density at radius 1 is 0.865 bits per heavy atom. The molecular formula is C72H102N2O13S2. The van der Waals surface area contributed by atoms with Crippen LogP contribution in [0, 0.1) is 91.7 Å². The fraction of sp³-hybridized carbons (Fsp3) is 0.806. The van der Waals surface area contributed by atoms with Gasteiger partial charge in [-0.25, -0.2) is 0 Å². The van der Waals surface area contributed by atoms with E-state index in [1.54, 1.807) is 25.3 Å². The summed E-state index contributed by atoms with van der Waals surface area (Å²) in [5, 5.41) is 122. The number of nitrogens with zero attached hydrogens (tertiary/aromatic N) is 1. The number of phenolic OH excluding ortho intramolecular Hbond substituents is 1. The molecule has 10 N–H and O–H groups in total. The van der Waals surface area contributed by atoms with Crippen LogP contribution in [0.3, 0.4) is 0 Å². The third-order valence-corrected chi connectivity index (χ3v) is 32.7. The van der Waals surface area contributed by atoms with E-state index in [9.17, 15) is 46.0 Å². The number of nitrogens with one attached hydrogen (secondary N) is 1. The summed E-state index contributed by atoms with van der Waals surface area (Å²) >= 11 is 0. The van der Waals surface area contributed by atoms with Gasteiger partial charge in [-0.15, -0.1) is 0 Å². The first-order chi connectivity index (χ1) is 42.5. The lowest BCUT2D eigenvalue weighted by Crippen LogP contribution is -2.79. The van der Waals surface area contributed by atoms with Crippen LogP contribution < -0.4 is 10.2 Å². The Kier molecular flexibility index (Phi) is 15.2. The van der Waals surface area contributed by atoms with Crippen molar-refractivity contribution in [2.24, 2.45) is 91.7 Å². The van der Waals surface area contributed by atoms with Gasteiger partial charge < -0.3 is 65.6 Å². The molecule has 10 fully saturated rings. The van der Waals surface area contributed by atoms with Gasteiger partial charge in [0.05, 0.1) is 47.5 Å². The minimum absolute atomic E-state index is 0.0221. The first-order valence-corrected chi connectivity index (χ1v) is 37.3. The van der Waals surface area contributed by atoms with Crippen LogP contribution in [0.25, 0.3) is 0 Å². The zero-order chi connectivity index (χ0) is 62.4. The van der Waals surface area contributed by atoms with Gasteiger partial charge >= 0.3 is 0 Å². The number of ether oxygens (including phenoxy) is 2. The molecule has 24 atom stereocenters. The Morgan fingerprint density at radius 3 is 2.36 bits per heavy atom. The number of carbonyl (C=O) groups is 2. The molecule has 1 aromatic carbocycles. The molecule has 10 aliphatic carbocycles. The highest BCUT2D eigenvalue weighted by molar-refractivity contribution is 8.76. The van der Waals surface area contributed by atoms with Crippen LogP contribution >= 0.6 is 21.6 Å². The highest BCUT2D eigenvalue weighted by Crippen LogP contribution is 2.82. The predicted molar refractivity (Wildman–Crippen MR) is 341 cm³/mol. The number of aromatic hydroxyl groups is 1. The molecule has 490 valence electrons. The van der Waals surface area contributed by atoms with Gasteiger partial charge in [0.2, 0.25) is 5.91 Å². The largest absolute Gasteiger partial charge is 0.508 e. The summed E-state index contributed by atoms with van der Waals surface area (Å²) in [4.78, 5) is 35.2. The third-order valence-electron chi connectivity index (χ3n) is 30.1. The van der Waals surface area contributed by atoms with Crippen molar-refractivity contribution in [1.29, 1.82) is 0 Å². The number of aliphatic hydroxyl groups excluding tert-OH is 5. The molecule has 17 rings (SSSR count). The summed E-state index contributed by atoms with van der Waals surface area (Å²) in [6.45, 7) is 7.70. The van der Waals surface area contributed by atoms with E-state index in [1.807, 2.05) is 17.9 Å². The number of aryl methyl sites for hydroxylation is 1. The summed E-state index contributed by atoms with van der Waals surface area (Å²) < 4.78 is 12.6. The first-order valence-electron chi connectivity index (χ1n) is 34.9. The van der Waals surface area contributed by atoms with Crippen molar-refractivity contribution < 1.29 is 65.0 Å². The van der Waals surface area contributed by atoms with Crippen LogP contribution in [0.4, 0.5) is 5.69 Å². The molecule has 8 bridgehead atoms. The average molecular weight is 1270 g/mol. The van der Waals surface area contributed by atoms with Crippen molar-refractivity contribution in [2.45, 2.75) is 233 Å². The van der Waals surface area contributed by atoms with Gasteiger partial charge in [-0.3, -0.25) is 9.59 Å². The van der Waals surface area contributed by atoms with E-state index in [2.05, 4.69) is 50.4 Å². The second-order valence-electron chi connectivity index (χ2n) is 32.5. The second-order valence-corrected chi connectivity index (χ2v) is 35.0. The number of rotatable bonds is 7. The Hall–Kier alpha value is -2.36. The van der Waals surface area contributed by atoms with E-state index in [0.717, 1.165) is 50.5 Å². The molecule has 6 aliphatic heterocycles. The van der Waals surface area contributed by atoms with Crippen molar-refractivity contribution in [1.82, 2.24) is 5.32 Å². The van der Waals surface area contributed by atoms with Gasteiger partial charge in [0.1, 0.15) is 28.5 Å². The molecule has 6 heterocycles. The number of hydrogen-bond donors (Lipinski definition) is 10. The standard InChI is InChI=1S/C72H102N2O13S2/c1-40(2)41(3)58-60(87-58)69(83)24-11-14-44-31-52-53-34-56(78)68(35-57(79)71(85,39-76)66(63(52,68)4)22-8-9-23-66)62(82)89-88-37-46-13-10-12-45(36-75)72(46)61(81)74(47-28-42(29-48(77)32-47)17-26-67(44)55(69)19-27-70(53,67)84)38-64(72)25-18-50(59(64)80)54-30-43-15-16-49(86-5)33-51(43)65(73-54)20-6-7-21-65/h11,14-16,28-29,32,34,40-41,43-46,49-52,54-55,57-60,62,73,75-77,79-80,82-85H,6-10,12-13,17-27,30-31,33,35-39H2,1-5H3/t41-,43+,44+,45-,46+,49-,50+,51+,52+,54+,55+,57-,58+,59-,60-,62-,63+,64+,67-,68+,69-,70-,71-,72-/m1/s1. The molecule has 6 spiro atoms. The summed E-state index contributed by atoms with van der Waals surface area (Å²) in [5.41, 5.74) is -12.8. The van der Waals surface area contributed by atoms with E-state index in [1.165, 1.54) is 21.6 Å².